The van der Waals surface area contributed by atoms with E-state index >= 15 is 0 Å². The minimum Gasteiger partial charge on any atom is -0.379 e. The summed E-state index contributed by atoms with van der Waals surface area (Å²) in [6.07, 6.45) is 6.63. The van der Waals surface area contributed by atoms with Gasteiger partial charge in [0, 0.05) is 6.61 Å². The van der Waals surface area contributed by atoms with Gasteiger partial charge in [0.05, 0.1) is 12.6 Å². The van der Waals surface area contributed by atoms with Crippen LogP contribution in [0.3, 0.4) is 0 Å². The molecule has 1 aliphatic rings. The molecule has 1 rings (SSSR count). The lowest BCUT2D eigenvalue weighted by Crippen LogP contribution is -2.37. The van der Waals surface area contributed by atoms with Crippen LogP contribution in [0.2, 0.25) is 0 Å². The van der Waals surface area contributed by atoms with Gasteiger partial charge in [-0.1, -0.05) is 26.2 Å². The summed E-state index contributed by atoms with van der Waals surface area (Å²) >= 11 is 0. The van der Waals surface area contributed by atoms with Crippen molar-refractivity contribution in [2.24, 2.45) is 11.8 Å². The van der Waals surface area contributed by atoms with E-state index in [9.17, 15) is 4.79 Å². The number of ether oxygens (including phenoxy) is 1. The fraction of sp³-hybridized carbons (Fsp3) is 0.929. The van der Waals surface area contributed by atoms with Gasteiger partial charge in [-0.15, -0.1) is 0 Å². The predicted octanol–water partition coefficient (Wildman–Crippen LogP) is 2.40. The van der Waals surface area contributed by atoms with Gasteiger partial charge in [0.25, 0.3) is 0 Å². The zero-order valence-corrected chi connectivity index (χ0v) is 11.5. The van der Waals surface area contributed by atoms with Crippen LogP contribution in [0.15, 0.2) is 0 Å². The predicted molar refractivity (Wildman–Crippen MR) is 70.1 cm³/mol. The first-order valence-corrected chi connectivity index (χ1v) is 6.89. The molecule has 0 heterocycles. The molecule has 1 aliphatic carbocycles. The zero-order valence-electron chi connectivity index (χ0n) is 11.5. The number of ketones is 1. The Balaban J connectivity index is 2.22. The van der Waals surface area contributed by atoms with Gasteiger partial charge in [-0.25, -0.2) is 0 Å². The first kappa shape index (κ1) is 14.7. The number of rotatable bonds is 6. The quantitative estimate of drug-likeness (QED) is 0.726. The third kappa shape index (κ3) is 5.64. The van der Waals surface area contributed by atoms with Crippen LogP contribution >= 0.6 is 0 Å². The SMILES string of the molecule is CN[C@@H](COCC1CCCCC(C)C1)C(C)=O. The number of likely N-dealkylation sites (N-methyl/N-ethyl adjacent to an activating group) is 1. The van der Waals surface area contributed by atoms with Gasteiger partial charge in [-0.3, -0.25) is 4.79 Å². The van der Waals surface area contributed by atoms with Gasteiger partial charge in [0.1, 0.15) is 5.78 Å². The number of hydrogen-bond donors (Lipinski definition) is 1. The lowest BCUT2D eigenvalue weighted by atomic mass is 9.95. The summed E-state index contributed by atoms with van der Waals surface area (Å²) in [5, 5.41) is 2.99. The molecule has 0 radical (unpaired) electrons. The molecule has 0 aromatic carbocycles. The average Bonchev–Trinajstić information content (AvgIpc) is 2.48. The van der Waals surface area contributed by atoms with Crippen LogP contribution in [-0.4, -0.2) is 32.1 Å². The molecule has 1 fully saturated rings. The van der Waals surface area contributed by atoms with Crippen molar-refractivity contribution in [1.82, 2.24) is 5.32 Å². The Hall–Kier alpha value is -0.410. The van der Waals surface area contributed by atoms with Crippen molar-refractivity contribution >= 4 is 5.78 Å². The summed E-state index contributed by atoms with van der Waals surface area (Å²) in [4.78, 5) is 11.2. The molecule has 0 bridgehead atoms. The molecule has 0 spiro atoms. The Bertz CT molecular complexity index is 230. The van der Waals surface area contributed by atoms with E-state index < -0.39 is 0 Å². The lowest BCUT2D eigenvalue weighted by molar-refractivity contribution is -0.120. The molecule has 100 valence electrons. The maximum absolute atomic E-state index is 11.2. The van der Waals surface area contributed by atoms with E-state index in [2.05, 4.69) is 12.2 Å². The van der Waals surface area contributed by atoms with E-state index in [1.165, 1.54) is 32.1 Å². The van der Waals surface area contributed by atoms with Crippen molar-refractivity contribution in [1.29, 1.82) is 0 Å². The Morgan fingerprint density at radius 1 is 1.41 bits per heavy atom. The summed E-state index contributed by atoms with van der Waals surface area (Å²) < 4.78 is 5.71. The van der Waals surface area contributed by atoms with Crippen LogP contribution in [-0.2, 0) is 9.53 Å². The molecular weight excluding hydrogens is 214 g/mol. The van der Waals surface area contributed by atoms with Gasteiger partial charge < -0.3 is 10.1 Å². The number of carbonyl (C=O) groups is 1. The second kappa shape index (κ2) is 7.83. The van der Waals surface area contributed by atoms with Gasteiger partial charge in [0.15, 0.2) is 0 Å². The number of nitrogens with one attached hydrogen (secondary N) is 1. The summed E-state index contributed by atoms with van der Waals surface area (Å²) in [5.41, 5.74) is 0. The highest BCUT2D eigenvalue weighted by molar-refractivity contribution is 5.81. The number of hydrogen-bond acceptors (Lipinski definition) is 3. The van der Waals surface area contributed by atoms with Crippen LogP contribution in [0, 0.1) is 11.8 Å². The number of carbonyl (C=O) groups excluding carboxylic acids is 1. The lowest BCUT2D eigenvalue weighted by Gasteiger charge is -2.19. The first-order chi connectivity index (χ1) is 8.13. The Labute approximate surface area is 105 Å². The highest BCUT2D eigenvalue weighted by Crippen LogP contribution is 2.27. The Kier molecular flexibility index (Phi) is 6.75. The molecule has 1 saturated carbocycles. The van der Waals surface area contributed by atoms with Crippen molar-refractivity contribution in [3.8, 4) is 0 Å². The van der Waals surface area contributed by atoms with E-state index in [0.717, 1.165) is 12.5 Å². The van der Waals surface area contributed by atoms with Gasteiger partial charge in [-0.2, -0.15) is 0 Å². The molecule has 0 saturated heterocycles. The molecule has 0 aromatic rings. The van der Waals surface area contributed by atoms with Crippen LogP contribution in [0.25, 0.3) is 0 Å². The molecule has 0 amide bonds. The van der Waals surface area contributed by atoms with E-state index in [4.69, 9.17) is 4.74 Å². The third-order valence-corrected chi connectivity index (χ3v) is 3.77. The monoisotopic (exact) mass is 241 g/mol. The Morgan fingerprint density at radius 3 is 2.76 bits per heavy atom. The van der Waals surface area contributed by atoms with Crippen LogP contribution < -0.4 is 5.32 Å². The second-order valence-corrected chi connectivity index (χ2v) is 5.48. The summed E-state index contributed by atoms with van der Waals surface area (Å²) in [5.74, 6) is 1.68. The summed E-state index contributed by atoms with van der Waals surface area (Å²) in [6, 6.07) is -0.141. The van der Waals surface area contributed by atoms with E-state index in [0.29, 0.717) is 12.5 Å². The van der Waals surface area contributed by atoms with Crippen LogP contribution in [0.5, 0.6) is 0 Å². The van der Waals surface area contributed by atoms with Crippen LogP contribution in [0.4, 0.5) is 0 Å². The molecule has 0 aliphatic heterocycles. The molecule has 3 heteroatoms. The van der Waals surface area contributed by atoms with Crippen molar-refractivity contribution in [2.75, 3.05) is 20.3 Å². The average molecular weight is 241 g/mol. The highest BCUT2D eigenvalue weighted by Gasteiger charge is 2.18. The molecule has 3 atom stereocenters. The minimum atomic E-state index is -0.141. The Morgan fingerprint density at radius 2 is 2.12 bits per heavy atom. The van der Waals surface area contributed by atoms with Crippen molar-refractivity contribution in [3.05, 3.63) is 0 Å². The fourth-order valence-electron chi connectivity index (χ4n) is 2.64. The van der Waals surface area contributed by atoms with Gasteiger partial charge in [0.2, 0.25) is 0 Å². The maximum Gasteiger partial charge on any atom is 0.149 e. The van der Waals surface area contributed by atoms with E-state index in [1.807, 2.05) is 7.05 Å². The van der Waals surface area contributed by atoms with Gasteiger partial charge in [-0.05, 0) is 38.6 Å². The van der Waals surface area contributed by atoms with Crippen molar-refractivity contribution in [3.63, 3.8) is 0 Å². The summed E-state index contributed by atoms with van der Waals surface area (Å²) in [6.45, 7) is 5.27. The number of Topliss-reactive ketones (excluding diaryl/α,β-unsaturated/α-hetero) is 1. The molecule has 17 heavy (non-hydrogen) atoms. The molecule has 0 aromatic heterocycles. The molecule has 3 nitrogen and oxygen atoms in total. The van der Waals surface area contributed by atoms with Crippen molar-refractivity contribution in [2.45, 2.75) is 52.0 Å². The summed E-state index contributed by atoms with van der Waals surface area (Å²) in [7, 11) is 1.81. The van der Waals surface area contributed by atoms with E-state index in [-0.39, 0.29) is 11.8 Å². The fourth-order valence-corrected chi connectivity index (χ4v) is 2.64. The standard InChI is InChI=1S/C14H27NO2/c1-11-6-4-5-7-13(8-11)9-17-10-14(15-3)12(2)16/h11,13-15H,4-10H2,1-3H3/t11?,13?,14-/m0/s1. The molecular formula is C14H27NO2. The first-order valence-electron chi connectivity index (χ1n) is 6.89. The smallest absolute Gasteiger partial charge is 0.149 e. The van der Waals surface area contributed by atoms with E-state index in [1.54, 1.807) is 6.92 Å². The van der Waals surface area contributed by atoms with Crippen molar-refractivity contribution < 1.29 is 9.53 Å². The topological polar surface area (TPSA) is 38.3 Å². The third-order valence-electron chi connectivity index (χ3n) is 3.77. The molecule has 1 N–H and O–H groups in total. The maximum atomic E-state index is 11.2. The zero-order chi connectivity index (χ0) is 12.7. The van der Waals surface area contributed by atoms with Gasteiger partial charge >= 0.3 is 0 Å². The highest BCUT2D eigenvalue weighted by atomic mass is 16.5. The second-order valence-electron chi connectivity index (χ2n) is 5.48. The minimum absolute atomic E-state index is 0.141. The largest absolute Gasteiger partial charge is 0.379 e. The van der Waals surface area contributed by atoms with Crippen LogP contribution in [0.1, 0.15) is 46.0 Å². The molecule has 2 unspecified atom stereocenters. The normalized spacial score (nSPS) is 27.5.